The maximum Gasteiger partial charge on any atom is 2.00 e. The Morgan fingerprint density at radius 1 is 0.707 bits per heavy atom. The van der Waals surface area contributed by atoms with Crippen LogP contribution in [-0.4, -0.2) is 43.7 Å². The Morgan fingerprint density at radius 3 is 1.66 bits per heavy atom. The van der Waals surface area contributed by atoms with Gasteiger partial charge in [-0.3, -0.25) is 4.55 Å². The Labute approximate surface area is 368 Å². The zero-order chi connectivity index (χ0) is 41.7. The molecule has 2 fully saturated rings. The van der Waals surface area contributed by atoms with Gasteiger partial charge in [-0.2, -0.15) is 14.1 Å². The van der Waals surface area contributed by atoms with Crippen molar-refractivity contribution in [2.24, 2.45) is 0 Å². The van der Waals surface area contributed by atoms with Crippen molar-refractivity contribution in [3.8, 4) is 28.0 Å². The van der Waals surface area contributed by atoms with E-state index in [4.69, 9.17) is 9.29 Å². The molecule has 0 bridgehead atoms. The third kappa shape index (κ3) is 14.6. The van der Waals surface area contributed by atoms with E-state index < -0.39 is 18.0 Å². The maximum absolute atomic E-state index is 9.19. The summed E-state index contributed by atoms with van der Waals surface area (Å²) in [5.74, 6) is 2.73. The predicted octanol–water partition coefficient (Wildman–Crippen LogP) is 14.3. The second-order valence-corrected chi connectivity index (χ2v) is 21.8. The molecule has 6 rings (SSSR count). The molecular weight excluding hydrogens is 848 g/mol. The fraction of sp³-hybridized carbons (Fsp3) is 0.520. The summed E-state index contributed by atoms with van der Waals surface area (Å²) in [5, 5.41) is 5.89. The van der Waals surface area contributed by atoms with Crippen LogP contribution in [0.4, 0.5) is 5.69 Å². The summed E-state index contributed by atoms with van der Waals surface area (Å²) in [6, 6.07) is 31.4. The number of hydrogen-bond acceptors (Lipinski definition) is 3. The SMILES string of the molecule is CC(C)Oc1cccc(-c2c(C(C)C)cc(C(C)C)cc2C(C)C)c1[PH+](C1CCCCC1)C1CCCCC1.CS(=O)(=O)O.C[N-]c1ccccc1-c1[c-]cccc1.[Pd+2]. The summed E-state index contributed by atoms with van der Waals surface area (Å²) >= 11 is 0. The summed E-state index contributed by atoms with van der Waals surface area (Å²) in [5.41, 5.74) is 12.6. The first-order valence-electron chi connectivity index (χ1n) is 21.5. The van der Waals surface area contributed by atoms with E-state index in [0.29, 0.717) is 24.0 Å². The first-order valence-corrected chi connectivity index (χ1v) is 25.0. The van der Waals surface area contributed by atoms with Crippen molar-refractivity contribution in [2.75, 3.05) is 13.3 Å². The van der Waals surface area contributed by atoms with Gasteiger partial charge in [0.15, 0.2) is 5.75 Å². The molecule has 0 saturated heterocycles. The van der Waals surface area contributed by atoms with Crippen LogP contribution in [0.2, 0.25) is 0 Å². The van der Waals surface area contributed by atoms with Crippen LogP contribution in [0, 0.1) is 6.07 Å². The van der Waals surface area contributed by atoms with Crippen LogP contribution < -0.4 is 10.0 Å². The third-order valence-corrected chi connectivity index (χ3v) is 15.3. The molecule has 0 spiro atoms. The first kappa shape index (κ1) is 49.8. The molecule has 2 aliphatic carbocycles. The second kappa shape index (κ2) is 24.1. The van der Waals surface area contributed by atoms with Crippen LogP contribution in [0.5, 0.6) is 5.75 Å². The molecule has 5 nitrogen and oxygen atoms in total. The van der Waals surface area contributed by atoms with E-state index in [1.807, 2.05) is 49.5 Å². The average Bonchev–Trinajstić information content (AvgIpc) is 3.18. The van der Waals surface area contributed by atoms with Gasteiger partial charge in [0.2, 0.25) is 0 Å². The monoisotopic (exact) mass is 918 g/mol. The van der Waals surface area contributed by atoms with Crippen molar-refractivity contribution in [2.45, 2.75) is 155 Å². The van der Waals surface area contributed by atoms with E-state index in [2.05, 4.69) is 103 Å². The Bertz CT molecular complexity index is 1880. The standard InChI is InChI=1S/C36H55OP.C13H11N.CH4O3S.Pd/c1-24(2)28-22-32(25(3)4)35(33(23-28)26(5)6)31-20-15-21-34(37-27(7)8)36(31)38(29-16-11-9-12-17-29)30-18-13-10-14-19-30;1-14-13-10-6-5-9-12(13)11-7-3-2-4-8-11;1-5(2,3)4;/h15,20-27,29-30H,9-14,16-19H2,1-8H3;2-7,9-10H,1H3;1H3,(H,2,3,4);/q;-2;;+2/p+1. The summed E-state index contributed by atoms with van der Waals surface area (Å²) in [4.78, 5) is 0. The molecule has 0 unspecified atom stereocenters. The zero-order valence-corrected chi connectivity index (χ0v) is 40.3. The minimum atomic E-state index is -3.67. The number of rotatable bonds is 11. The van der Waals surface area contributed by atoms with Crippen molar-refractivity contribution < 1.29 is 38.1 Å². The van der Waals surface area contributed by atoms with Crippen LogP contribution >= 0.6 is 7.92 Å². The molecule has 0 radical (unpaired) electrons. The number of nitrogens with zero attached hydrogens (tertiary/aromatic N) is 1. The molecule has 0 aliphatic heterocycles. The van der Waals surface area contributed by atoms with Gasteiger partial charge in [0.1, 0.15) is 5.30 Å². The van der Waals surface area contributed by atoms with Crippen molar-refractivity contribution in [3.63, 3.8) is 0 Å². The molecule has 0 amide bonds. The van der Waals surface area contributed by atoms with Gasteiger partial charge >= 0.3 is 20.4 Å². The molecule has 2 saturated carbocycles. The van der Waals surface area contributed by atoms with E-state index in [-0.39, 0.29) is 26.5 Å². The first-order chi connectivity index (χ1) is 27.1. The largest absolute Gasteiger partial charge is 2.00 e. The fourth-order valence-electron chi connectivity index (χ4n) is 8.68. The summed E-state index contributed by atoms with van der Waals surface area (Å²) in [6.07, 6.45) is 15.2. The predicted molar refractivity (Wildman–Crippen MR) is 249 cm³/mol. The molecule has 4 aromatic rings. The van der Waals surface area contributed by atoms with Gasteiger partial charge in [-0.25, -0.2) is 0 Å². The van der Waals surface area contributed by atoms with Crippen molar-refractivity contribution >= 4 is 29.0 Å². The normalized spacial score (nSPS) is 15.1. The quantitative estimate of drug-likeness (QED) is 0.0704. The minimum Gasteiger partial charge on any atom is -0.694 e. The summed E-state index contributed by atoms with van der Waals surface area (Å²) in [7, 11) is -2.67. The molecular formula is C50H71NO4PPdS+. The molecule has 320 valence electrons. The van der Waals surface area contributed by atoms with Crippen LogP contribution in [-0.2, 0) is 30.5 Å². The number of ether oxygens (including phenoxy) is 1. The fourth-order valence-corrected chi connectivity index (χ4v) is 13.2. The van der Waals surface area contributed by atoms with Crippen molar-refractivity contribution in [1.82, 2.24) is 0 Å². The number of para-hydroxylation sites is 1. The van der Waals surface area contributed by atoms with Gasteiger partial charge in [0.05, 0.1) is 23.7 Å². The Kier molecular flexibility index (Phi) is 20.7. The number of hydrogen-bond donors (Lipinski definition) is 1. The van der Waals surface area contributed by atoms with E-state index in [9.17, 15) is 8.42 Å². The smallest absolute Gasteiger partial charge is 0.694 e. The Hall–Kier alpha value is -2.52. The van der Waals surface area contributed by atoms with Gasteiger partial charge in [-0.15, -0.1) is 48.5 Å². The van der Waals surface area contributed by atoms with E-state index in [1.54, 1.807) is 5.30 Å². The minimum absolute atomic E-state index is 0. The maximum atomic E-state index is 9.19. The Balaban J connectivity index is 0.000000370. The van der Waals surface area contributed by atoms with E-state index in [1.165, 1.54) is 97.8 Å². The topological polar surface area (TPSA) is 77.7 Å². The number of benzene rings is 4. The van der Waals surface area contributed by atoms with Gasteiger partial charge in [0.25, 0.3) is 10.1 Å². The second-order valence-electron chi connectivity index (χ2n) is 17.3. The van der Waals surface area contributed by atoms with Crippen LogP contribution in [0.15, 0.2) is 78.9 Å². The Morgan fingerprint density at radius 2 is 1.21 bits per heavy atom. The van der Waals surface area contributed by atoms with Gasteiger partial charge in [0, 0.05) is 13.5 Å². The van der Waals surface area contributed by atoms with Crippen molar-refractivity contribution in [3.05, 3.63) is 107 Å². The molecule has 4 aromatic carbocycles. The molecule has 2 aliphatic rings. The molecule has 1 N–H and O–H groups in total. The van der Waals surface area contributed by atoms with Gasteiger partial charge < -0.3 is 10.1 Å². The third-order valence-electron chi connectivity index (χ3n) is 11.3. The average molecular weight is 920 g/mol. The van der Waals surface area contributed by atoms with E-state index in [0.717, 1.165) is 28.1 Å². The van der Waals surface area contributed by atoms with Crippen LogP contribution in [0.3, 0.4) is 0 Å². The summed E-state index contributed by atoms with van der Waals surface area (Å²) in [6.45, 7) is 18.7. The zero-order valence-electron chi connectivity index (χ0n) is 36.9. The van der Waals surface area contributed by atoms with Crippen molar-refractivity contribution in [1.29, 1.82) is 0 Å². The van der Waals surface area contributed by atoms with E-state index >= 15 is 0 Å². The van der Waals surface area contributed by atoms with Gasteiger partial charge in [-0.1, -0.05) is 103 Å². The molecule has 8 heteroatoms. The molecule has 0 heterocycles. The molecule has 58 heavy (non-hydrogen) atoms. The van der Waals surface area contributed by atoms with Gasteiger partial charge in [-0.05, 0) is 111 Å². The molecule has 0 atom stereocenters. The summed E-state index contributed by atoms with van der Waals surface area (Å²) < 4.78 is 32.6. The van der Waals surface area contributed by atoms with Crippen LogP contribution in [0.25, 0.3) is 27.6 Å². The molecule has 0 aromatic heterocycles. The van der Waals surface area contributed by atoms with Crippen LogP contribution in [0.1, 0.15) is 154 Å².